The summed E-state index contributed by atoms with van der Waals surface area (Å²) in [6.07, 6.45) is 8.54. The van der Waals surface area contributed by atoms with Gasteiger partial charge in [0, 0.05) is 29.9 Å². The monoisotopic (exact) mass is 503 g/mol. The Kier molecular flexibility index (Phi) is 8.11. The van der Waals surface area contributed by atoms with Crippen molar-refractivity contribution in [2.75, 3.05) is 4.90 Å². The van der Waals surface area contributed by atoms with Crippen LogP contribution in [0, 0.1) is 17.8 Å². The SMILES string of the molecule is C/C(=C\n1c(CN2C(=O)C3(CC(C(=O)CC(C)C)C3)c3ccccc32)nc2c1CCCC2)C(C)C.CC. The smallest absolute Gasteiger partial charge is 0.238 e. The summed E-state index contributed by atoms with van der Waals surface area (Å²) in [5.74, 6) is 2.21. The Morgan fingerprint density at radius 1 is 1.11 bits per heavy atom. The van der Waals surface area contributed by atoms with Gasteiger partial charge in [-0.25, -0.2) is 4.98 Å². The summed E-state index contributed by atoms with van der Waals surface area (Å²) in [7, 11) is 0. The molecule has 3 aliphatic rings. The molecule has 1 aromatic carbocycles. The molecule has 37 heavy (non-hydrogen) atoms. The molecule has 0 radical (unpaired) electrons. The van der Waals surface area contributed by atoms with Crippen molar-refractivity contribution in [2.45, 2.75) is 105 Å². The minimum absolute atomic E-state index is 0.000260. The van der Waals surface area contributed by atoms with Crippen LogP contribution in [0.5, 0.6) is 0 Å². The van der Waals surface area contributed by atoms with Crippen molar-refractivity contribution in [1.82, 2.24) is 9.55 Å². The second-order valence-corrected chi connectivity index (χ2v) is 11.7. The van der Waals surface area contributed by atoms with E-state index < -0.39 is 5.41 Å². The van der Waals surface area contributed by atoms with E-state index in [-0.39, 0.29) is 11.8 Å². The number of aromatic nitrogens is 2. The number of carbonyl (C=O) groups excluding carboxylic acids is 2. The zero-order valence-corrected chi connectivity index (χ0v) is 23.9. The highest BCUT2D eigenvalue weighted by molar-refractivity contribution is 6.09. The largest absolute Gasteiger partial charge is 0.306 e. The van der Waals surface area contributed by atoms with Crippen LogP contribution >= 0.6 is 0 Å². The van der Waals surface area contributed by atoms with E-state index in [4.69, 9.17) is 4.98 Å². The molecule has 0 N–H and O–H groups in total. The first-order valence-electron chi connectivity index (χ1n) is 14.4. The molecule has 2 aromatic rings. The van der Waals surface area contributed by atoms with Gasteiger partial charge in [0.25, 0.3) is 0 Å². The molecular formula is C32H45N3O2. The molecule has 1 spiro atoms. The number of nitrogens with zero attached hydrogens (tertiary/aromatic N) is 3. The van der Waals surface area contributed by atoms with Gasteiger partial charge in [-0.05, 0) is 68.9 Å². The predicted molar refractivity (Wildman–Crippen MR) is 151 cm³/mol. The molecular weight excluding hydrogens is 458 g/mol. The van der Waals surface area contributed by atoms with E-state index in [9.17, 15) is 9.59 Å². The van der Waals surface area contributed by atoms with Gasteiger partial charge in [-0.2, -0.15) is 0 Å². The standard InChI is InChI=1S/C30H39N3O2.C2H6/c1-19(2)14-27(34)22-15-30(16-22)23-10-6-8-12-25(23)33(29(30)35)18-28-31-24-11-7-9-13-26(24)32(28)17-21(5)20(3)4;1-2/h6,8,10,12,17,19-20,22H,7,9,11,13-16,18H2,1-5H3;1-2H3/b21-17+;. The Morgan fingerprint density at radius 2 is 1.78 bits per heavy atom. The number of hydrogen-bond acceptors (Lipinski definition) is 3. The number of Topliss-reactive ketones (excluding diaryl/α,β-unsaturated/α-hetero) is 1. The summed E-state index contributed by atoms with van der Waals surface area (Å²) in [5.41, 5.74) is 5.35. The molecule has 1 fully saturated rings. The molecule has 0 bridgehead atoms. The Morgan fingerprint density at radius 3 is 2.46 bits per heavy atom. The zero-order chi connectivity index (χ0) is 26.9. The highest BCUT2D eigenvalue weighted by atomic mass is 16.2. The summed E-state index contributed by atoms with van der Waals surface area (Å²) in [6, 6.07) is 8.19. The molecule has 5 nitrogen and oxygen atoms in total. The second kappa shape index (κ2) is 11.0. The number of hydrogen-bond donors (Lipinski definition) is 0. The van der Waals surface area contributed by atoms with Crippen LogP contribution in [0.1, 0.15) is 103 Å². The lowest BCUT2D eigenvalue weighted by molar-refractivity contribution is -0.135. The normalized spacial score (nSPS) is 22.6. The minimum Gasteiger partial charge on any atom is -0.306 e. The van der Waals surface area contributed by atoms with Gasteiger partial charge in [0.2, 0.25) is 5.91 Å². The maximum Gasteiger partial charge on any atom is 0.238 e. The van der Waals surface area contributed by atoms with Crippen molar-refractivity contribution < 1.29 is 9.59 Å². The fourth-order valence-corrected chi connectivity index (χ4v) is 6.10. The van der Waals surface area contributed by atoms with Crippen molar-refractivity contribution >= 4 is 23.6 Å². The molecule has 5 rings (SSSR count). The number of ketones is 1. The topological polar surface area (TPSA) is 55.2 Å². The van der Waals surface area contributed by atoms with Crippen molar-refractivity contribution in [1.29, 1.82) is 0 Å². The number of para-hydroxylation sites is 1. The third-order valence-electron chi connectivity index (χ3n) is 8.41. The van der Waals surface area contributed by atoms with Crippen LogP contribution < -0.4 is 4.90 Å². The van der Waals surface area contributed by atoms with Gasteiger partial charge < -0.3 is 9.47 Å². The first-order valence-corrected chi connectivity index (χ1v) is 14.4. The van der Waals surface area contributed by atoms with E-state index in [0.717, 1.165) is 29.9 Å². The lowest BCUT2D eigenvalue weighted by Crippen LogP contribution is -2.51. The molecule has 5 heteroatoms. The van der Waals surface area contributed by atoms with Crippen LogP contribution in [0.2, 0.25) is 0 Å². The fraction of sp³-hybridized carbons (Fsp3) is 0.594. The number of amides is 1. The van der Waals surface area contributed by atoms with Crippen molar-refractivity contribution in [3.05, 3.63) is 52.6 Å². The lowest BCUT2D eigenvalue weighted by atomic mass is 9.57. The average molecular weight is 504 g/mol. The van der Waals surface area contributed by atoms with Gasteiger partial charge in [-0.1, -0.05) is 65.3 Å². The van der Waals surface area contributed by atoms with Crippen molar-refractivity contribution in [3.8, 4) is 0 Å². The van der Waals surface area contributed by atoms with E-state index in [1.54, 1.807) is 0 Å². The lowest BCUT2D eigenvalue weighted by Gasteiger charge is -2.43. The van der Waals surface area contributed by atoms with Gasteiger partial charge in [-0.15, -0.1) is 0 Å². The fourth-order valence-electron chi connectivity index (χ4n) is 6.10. The van der Waals surface area contributed by atoms with E-state index in [1.807, 2.05) is 30.9 Å². The first kappa shape index (κ1) is 27.3. The van der Waals surface area contributed by atoms with Crippen LogP contribution in [-0.2, 0) is 34.4 Å². The highest BCUT2D eigenvalue weighted by Gasteiger charge is 2.59. The highest BCUT2D eigenvalue weighted by Crippen LogP contribution is 2.56. The molecule has 2 heterocycles. The van der Waals surface area contributed by atoms with E-state index in [2.05, 4.69) is 57.5 Å². The number of imidazole rings is 1. The Hall–Kier alpha value is -2.69. The number of carbonyl (C=O) groups is 2. The maximum absolute atomic E-state index is 14.0. The number of benzene rings is 1. The van der Waals surface area contributed by atoms with Crippen molar-refractivity contribution in [2.24, 2.45) is 17.8 Å². The van der Waals surface area contributed by atoms with Gasteiger partial charge in [0.05, 0.1) is 17.7 Å². The average Bonchev–Trinajstić information content (AvgIpc) is 3.31. The molecule has 0 atom stereocenters. The second-order valence-electron chi connectivity index (χ2n) is 11.7. The third kappa shape index (κ3) is 4.94. The Bertz CT molecular complexity index is 1180. The van der Waals surface area contributed by atoms with Gasteiger partial charge >= 0.3 is 0 Å². The van der Waals surface area contributed by atoms with E-state index in [1.165, 1.54) is 29.8 Å². The minimum atomic E-state index is -0.547. The van der Waals surface area contributed by atoms with Crippen LogP contribution in [-0.4, -0.2) is 21.2 Å². The van der Waals surface area contributed by atoms with Crippen LogP contribution in [0.25, 0.3) is 6.20 Å². The van der Waals surface area contributed by atoms with Crippen LogP contribution in [0.15, 0.2) is 29.8 Å². The Balaban J connectivity index is 0.00000156. The van der Waals surface area contributed by atoms with Gasteiger partial charge in [0.1, 0.15) is 11.6 Å². The summed E-state index contributed by atoms with van der Waals surface area (Å²) >= 11 is 0. The third-order valence-corrected chi connectivity index (χ3v) is 8.41. The van der Waals surface area contributed by atoms with Crippen LogP contribution in [0.3, 0.4) is 0 Å². The summed E-state index contributed by atoms with van der Waals surface area (Å²) in [4.78, 5) is 33.8. The Labute approximate surface area is 223 Å². The number of fused-ring (bicyclic) bond motifs is 3. The summed E-state index contributed by atoms with van der Waals surface area (Å²) < 4.78 is 2.28. The number of rotatable bonds is 7. The zero-order valence-electron chi connectivity index (χ0n) is 23.9. The van der Waals surface area contributed by atoms with Crippen molar-refractivity contribution in [3.63, 3.8) is 0 Å². The quantitative estimate of drug-likeness (QED) is 0.404. The molecule has 1 saturated carbocycles. The molecule has 0 unspecified atom stereocenters. The molecule has 1 aromatic heterocycles. The first-order chi connectivity index (χ1) is 17.7. The summed E-state index contributed by atoms with van der Waals surface area (Å²) in [5, 5.41) is 0. The number of aryl methyl sites for hydroxylation is 1. The molecule has 0 saturated heterocycles. The van der Waals surface area contributed by atoms with Crippen LogP contribution in [0.4, 0.5) is 5.69 Å². The molecule has 1 amide bonds. The maximum atomic E-state index is 14.0. The molecule has 1 aliphatic heterocycles. The van der Waals surface area contributed by atoms with Gasteiger partial charge in [0.15, 0.2) is 0 Å². The molecule has 2 aliphatic carbocycles. The van der Waals surface area contributed by atoms with Gasteiger partial charge in [-0.3, -0.25) is 9.59 Å². The molecule has 200 valence electrons. The van der Waals surface area contributed by atoms with E-state index in [0.29, 0.717) is 43.4 Å². The number of anilines is 1. The predicted octanol–water partition coefficient (Wildman–Crippen LogP) is 7.11. The van der Waals surface area contributed by atoms with E-state index >= 15 is 0 Å². The number of allylic oxidation sites excluding steroid dienone is 1. The summed E-state index contributed by atoms with van der Waals surface area (Å²) in [6.45, 7) is 15.2.